The molecule has 0 fully saturated rings. The number of fused-ring (bicyclic) bond motifs is 2. The highest BCUT2D eigenvalue weighted by atomic mass is 79.9. The number of benzene rings is 4. The second-order valence-corrected chi connectivity index (χ2v) is 10.9. The Kier molecular flexibility index (Phi) is 10.7. The first-order valence-electron chi connectivity index (χ1n) is 15.0. The standard InChI is InChI=1S/C21H21NO4.C16H10BrNO4/c1-4-24-20-17-12-11-16(26-15-9-7-6-8-10-15)13-18(17)14(3)22-19(20)21(23)25-5-2;17-15-12-8-10(22-9-4-2-1-3-5-9)6-7-11(12)14(19)13(18-15)16(20)21/h6-13H,4-5H2,1-3H3;1-8,19H,(H,20,21). The van der Waals surface area contributed by atoms with Gasteiger partial charge in [0.1, 0.15) is 27.6 Å². The van der Waals surface area contributed by atoms with Crippen molar-refractivity contribution in [1.82, 2.24) is 9.97 Å². The Morgan fingerprint density at radius 2 is 1.25 bits per heavy atom. The number of esters is 1. The molecule has 48 heavy (non-hydrogen) atoms. The van der Waals surface area contributed by atoms with E-state index in [0.29, 0.717) is 50.7 Å². The number of para-hydroxylation sites is 2. The van der Waals surface area contributed by atoms with Crippen LogP contribution in [0.15, 0.2) is 102 Å². The average molecular weight is 712 g/mol. The number of carboxylic acid groups (broad SMARTS) is 1. The minimum Gasteiger partial charge on any atom is -0.505 e. The van der Waals surface area contributed by atoms with Gasteiger partial charge in [-0.2, -0.15) is 0 Å². The summed E-state index contributed by atoms with van der Waals surface area (Å²) >= 11 is 3.23. The van der Waals surface area contributed by atoms with E-state index in [1.165, 1.54) is 0 Å². The second-order valence-electron chi connectivity index (χ2n) is 10.2. The summed E-state index contributed by atoms with van der Waals surface area (Å²) in [4.78, 5) is 31.6. The van der Waals surface area contributed by atoms with Gasteiger partial charge in [-0.05, 0) is 97.4 Å². The number of ether oxygens (including phenoxy) is 4. The van der Waals surface area contributed by atoms with Crippen LogP contribution in [0.25, 0.3) is 21.5 Å². The third-order valence-corrected chi connectivity index (χ3v) is 7.55. The summed E-state index contributed by atoms with van der Waals surface area (Å²) < 4.78 is 22.8. The maximum absolute atomic E-state index is 12.3. The van der Waals surface area contributed by atoms with E-state index in [-0.39, 0.29) is 18.1 Å². The molecule has 0 saturated carbocycles. The average Bonchev–Trinajstić information content (AvgIpc) is 3.09. The van der Waals surface area contributed by atoms with Crippen molar-refractivity contribution >= 4 is 49.4 Å². The molecule has 0 atom stereocenters. The van der Waals surface area contributed by atoms with Crippen LogP contribution in [0.1, 0.15) is 40.5 Å². The molecule has 0 aliphatic carbocycles. The topological polar surface area (TPSA) is 137 Å². The lowest BCUT2D eigenvalue weighted by molar-refractivity contribution is 0.0514. The first kappa shape index (κ1) is 33.7. The zero-order chi connectivity index (χ0) is 34.2. The highest BCUT2D eigenvalue weighted by Gasteiger charge is 2.21. The fourth-order valence-electron chi connectivity index (χ4n) is 4.82. The Bertz CT molecular complexity index is 2090. The predicted molar refractivity (Wildman–Crippen MR) is 185 cm³/mol. The van der Waals surface area contributed by atoms with Crippen molar-refractivity contribution < 1.29 is 38.7 Å². The van der Waals surface area contributed by atoms with E-state index in [1.54, 1.807) is 25.1 Å². The quantitative estimate of drug-likeness (QED) is 0.110. The van der Waals surface area contributed by atoms with Crippen LogP contribution >= 0.6 is 15.9 Å². The van der Waals surface area contributed by atoms with E-state index in [4.69, 9.17) is 24.1 Å². The Labute approximate surface area is 284 Å². The molecule has 0 bridgehead atoms. The Balaban J connectivity index is 0.000000190. The van der Waals surface area contributed by atoms with Gasteiger partial charge in [0.15, 0.2) is 22.9 Å². The maximum Gasteiger partial charge on any atom is 0.360 e. The number of aromatic nitrogens is 2. The van der Waals surface area contributed by atoms with Crippen LogP contribution in [0, 0.1) is 6.92 Å². The third kappa shape index (κ3) is 7.64. The molecule has 2 N–H and O–H groups in total. The van der Waals surface area contributed by atoms with Crippen LogP contribution < -0.4 is 14.2 Å². The fraction of sp³-hybridized carbons (Fsp3) is 0.135. The molecular weight excluding hydrogens is 680 g/mol. The summed E-state index contributed by atoms with van der Waals surface area (Å²) in [6.45, 7) is 6.20. The molecule has 6 rings (SSSR count). The molecule has 2 heterocycles. The Hall–Kier alpha value is -5.68. The summed E-state index contributed by atoms with van der Waals surface area (Å²) in [5, 5.41) is 21.7. The molecule has 2 aromatic heterocycles. The van der Waals surface area contributed by atoms with Crippen molar-refractivity contribution in [2.75, 3.05) is 13.2 Å². The first-order chi connectivity index (χ1) is 23.2. The van der Waals surface area contributed by atoms with Gasteiger partial charge in [0.2, 0.25) is 0 Å². The Morgan fingerprint density at radius 1 is 0.688 bits per heavy atom. The number of rotatable bonds is 9. The van der Waals surface area contributed by atoms with E-state index in [2.05, 4.69) is 25.9 Å². The molecular formula is C37H31BrN2O8. The summed E-state index contributed by atoms with van der Waals surface area (Å²) in [5.41, 5.74) is 0.525. The molecule has 244 valence electrons. The smallest absolute Gasteiger partial charge is 0.360 e. The van der Waals surface area contributed by atoms with Crippen LogP contribution in [0.5, 0.6) is 34.5 Å². The molecule has 10 nitrogen and oxygen atoms in total. The minimum absolute atomic E-state index is 0.204. The van der Waals surface area contributed by atoms with Gasteiger partial charge >= 0.3 is 11.9 Å². The number of carbonyl (C=O) groups excluding carboxylic acids is 1. The SMILES string of the molecule is CCOC(=O)c1nc(C)c2cc(Oc3ccccc3)ccc2c1OCC.O=C(O)c1nc(Br)c2cc(Oc3ccccc3)ccc2c1O. The van der Waals surface area contributed by atoms with Crippen molar-refractivity contribution in [1.29, 1.82) is 0 Å². The summed E-state index contributed by atoms with van der Waals surface area (Å²) in [6.07, 6.45) is 0. The number of hydrogen-bond acceptors (Lipinski definition) is 9. The van der Waals surface area contributed by atoms with Crippen molar-refractivity contribution in [3.63, 3.8) is 0 Å². The van der Waals surface area contributed by atoms with Crippen LogP contribution in [0.4, 0.5) is 0 Å². The number of halogens is 1. The molecule has 6 aromatic rings. The lowest BCUT2D eigenvalue weighted by Gasteiger charge is -2.15. The van der Waals surface area contributed by atoms with Crippen molar-refractivity contribution in [3.8, 4) is 34.5 Å². The van der Waals surface area contributed by atoms with Crippen LogP contribution in [0.2, 0.25) is 0 Å². The van der Waals surface area contributed by atoms with Gasteiger partial charge in [0, 0.05) is 27.2 Å². The van der Waals surface area contributed by atoms with Gasteiger partial charge in [-0.1, -0.05) is 36.4 Å². The molecule has 11 heteroatoms. The highest BCUT2D eigenvalue weighted by molar-refractivity contribution is 9.10. The monoisotopic (exact) mass is 710 g/mol. The summed E-state index contributed by atoms with van der Waals surface area (Å²) in [7, 11) is 0. The Morgan fingerprint density at radius 3 is 1.79 bits per heavy atom. The molecule has 0 aliphatic rings. The molecule has 0 spiro atoms. The molecule has 4 aromatic carbocycles. The largest absolute Gasteiger partial charge is 0.505 e. The molecule has 0 amide bonds. The molecule has 0 saturated heterocycles. The van der Waals surface area contributed by atoms with E-state index in [9.17, 15) is 14.7 Å². The summed E-state index contributed by atoms with van der Waals surface area (Å²) in [5.74, 6) is 0.997. The number of aromatic hydroxyl groups is 1. The number of aryl methyl sites for hydroxylation is 1. The van der Waals surface area contributed by atoms with Gasteiger partial charge in [0.05, 0.1) is 13.2 Å². The maximum atomic E-state index is 12.3. The van der Waals surface area contributed by atoms with Gasteiger partial charge in [-0.25, -0.2) is 19.6 Å². The van der Waals surface area contributed by atoms with Crippen molar-refractivity contribution in [2.45, 2.75) is 20.8 Å². The number of pyridine rings is 2. The van der Waals surface area contributed by atoms with E-state index >= 15 is 0 Å². The van der Waals surface area contributed by atoms with Gasteiger partial charge < -0.3 is 29.2 Å². The van der Waals surface area contributed by atoms with Gasteiger partial charge in [-0.3, -0.25) is 0 Å². The lowest BCUT2D eigenvalue weighted by Crippen LogP contribution is -2.11. The highest BCUT2D eigenvalue weighted by Crippen LogP contribution is 2.36. The van der Waals surface area contributed by atoms with Gasteiger partial charge in [-0.15, -0.1) is 0 Å². The number of aromatic carboxylic acids is 1. The third-order valence-electron chi connectivity index (χ3n) is 6.94. The first-order valence-corrected chi connectivity index (χ1v) is 15.7. The normalized spacial score (nSPS) is 10.6. The second kappa shape index (κ2) is 15.3. The van der Waals surface area contributed by atoms with Crippen molar-refractivity contribution in [2.24, 2.45) is 0 Å². The number of carboxylic acids is 1. The minimum atomic E-state index is -1.29. The number of nitrogens with zero attached hydrogens (tertiary/aromatic N) is 2. The van der Waals surface area contributed by atoms with Crippen LogP contribution in [0.3, 0.4) is 0 Å². The zero-order valence-electron chi connectivity index (χ0n) is 26.3. The van der Waals surface area contributed by atoms with E-state index in [1.807, 2.05) is 92.7 Å². The number of hydrogen-bond donors (Lipinski definition) is 2. The van der Waals surface area contributed by atoms with E-state index < -0.39 is 17.6 Å². The molecule has 0 radical (unpaired) electrons. The number of carbonyl (C=O) groups is 2. The summed E-state index contributed by atoms with van der Waals surface area (Å²) in [6, 6.07) is 29.4. The lowest BCUT2D eigenvalue weighted by atomic mass is 10.1. The van der Waals surface area contributed by atoms with Gasteiger partial charge in [0.25, 0.3) is 0 Å². The fourth-order valence-corrected chi connectivity index (χ4v) is 5.33. The zero-order valence-corrected chi connectivity index (χ0v) is 27.9. The van der Waals surface area contributed by atoms with Crippen LogP contribution in [-0.2, 0) is 4.74 Å². The van der Waals surface area contributed by atoms with E-state index in [0.717, 1.165) is 16.5 Å². The van der Waals surface area contributed by atoms with Crippen LogP contribution in [-0.4, -0.2) is 45.3 Å². The molecule has 0 aliphatic heterocycles. The molecule has 0 unspecified atom stereocenters. The predicted octanol–water partition coefficient (Wildman–Crippen LogP) is 9.10. The van der Waals surface area contributed by atoms with Crippen molar-refractivity contribution in [3.05, 3.63) is 119 Å².